The highest BCUT2D eigenvalue weighted by Crippen LogP contribution is 2.08. The number of rotatable bonds is 11. The van der Waals surface area contributed by atoms with E-state index in [-0.39, 0.29) is 35.8 Å². The molecule has 140 valence electrons. The van der Waals surface area contributed by atoms with Crippen LogP contribution in [0.25, 0.3) is 0 Å². The Morgan fingerprint density at radius 2 is 1.65 bits per heavy atom. The van der Waals surface area contributed by atoms with E-state index in [9.17, 15) is 8.42 Å². The Labute approximate surface area is 160 Å². The van der Waals surface area contributed by atoms with Crippen molar-refractivity contribution >= 4 is 39.8 Å². The van der Waals surface area contributed by atoms with Gasteiger partial charge < -0.3 is 10.6 Å². The number of hydrogen-bond donors (Lipinski definition) is 2. The highest BCUT2D eigenvalue weighted by atomic mass is 127. The number of hydrogen-bond acceptors (Lipinski definition) is 3. The first kappa shape index (κ1) is 25.2. The second kappa shape index (κ2) is 14.3. The molecule has 0 saturated carbocycles. The molecule has 0 aromatic rings. The van der Waals surface area contributed by atoms with E-state index in [0.29, 0.717) is 6.42 Å². The van der Waals surface area contributed by atoms with Gasteiger partial charge in [0.25, 0.3) is 0 Å². The largest absolute Gasteiger partial charge is 0.356 e. The summed E-state index contributed by atoms with van der Waals surface area (Å²) in [4.78, 5) is 4.17. The third kappa shape index (κ3) is 18.1. The van der Waals surface area contributed by atoms with Gasteiger partial charge in [-0.05, 0) is 25.7 Å². The zero-order valence-electron chi connectivity index (χ0n) is 15.4. The average Bonchev–Trinajstić information content (AvgIpc) is 2.41. The van der Waals surface area contributed by atoms with E-state index in [1.165, 1.54) is 31.9 Å². The maximum atomic E-state index is 11.2. The van der Waals surface area contributed by atoms with Crippen molar-refractivity contribution in [3.63, 3.8) is 0 Å². The van der Waals surface area contributed by atoms with Crippen molar-refractivity contribution in [3.05, 3.63) is 0 Å². The second-order valence-electron chi connectivity index (χ2n) is 6.56. The minimum Gasteiger partial charge on any atom is -0.356 e. The van der Waals surface area contributed by atoms with Crippen LogP contribution >= 0.6 is 24.0 Å². The maximum absolute atomic E-state index is 11.2. The molecule has 0 aliphatic rings. The molecule has 0 aromatic heterocycles. The lowest BCUT2D eigenvalue weighted by Crippen LogP contribution is -2.43. The first-order valence-corrected chi connectivity index (χ1v) is 10.5. The summed E-state index contributed by atoms with van der Waals surface area (Å²) in [5.74, 6) is 1.76. The van der Waals surface area contributed by atoms with Gasteiger partial charge in [-0.1, -0.05) is 39.5 Å². The smallest absolute Gasteiger partial charge is 0.191 e. The molecular formula is C16H36IN3O2S. The normalized spacial score (nSPS) is 13.6. The maximum Gasteiger partial charge on any atom is 0.191 e. The van der Waals surface area contributed by atoms with Crippen molar-refractivity contribution in [2.45, 2.75) is 65.3 Å². The van der Waals surface area contributed by atoms with E-state index in [1.807, 2.05) is 6.92 Å². The van der Waals surface area contributed by atoms with Gasteiger partial charge in [-0.15, -0.1) is 24.0 Å². The number of unbranched alkanes of at least 4 members (excludes halogenated alkanes) is 3. The van der Waals surface area contributed by atoms with Gasteiger partial charge in [0.1, 0.15) is 9.84 Å². The third-order valence-corrected chi connectivity index (χ3v) is 4.51. The fraction of sp³-hybridized carbons (Fsp3) is 0.938. The summed E-state index contributed by atoms with van der Waals surface area (Å²) in [5.41, 5.74) is 0. The van der Waals surface area contributed by atoms with Gasteiger partial charge in [-0.25, -0.2) is 8.42 Å². The average molecular weight is 461 g/mol. The first-order chi connectivity index (χ1) is 10.2. The second-order valence-corrected chi connectivity index (χ2v) is 8.82. The fourth-order valence-corrected chi connectivity index (χ4v) is 2.91. The number of nitrogens with one attached hydrogen (secondary N) is 2. The predicted molar refractivity (Wildman–Crippen MR) is 112 cm³/mol. The van der Waals surface area contributed by atoms with Crippen LogP contribution in [0, 0.1) is 5.92 Å². The molecule has 0 saturated heterocycles. The SMILES string of the molecule is CN=C(NCCCCCCC(C)C)NC(C)CCS(C)(=O)=O.I. The molecule has 0 amide bonds. The minimum atomic E-state index is -2.90. The lowest BCUT2D eigenvalue weighted by Gasteiger charge is -2.17. The Morgan fingerprint density at radius 3 is 2.17 bits per heavy atom. The Morgan fingerprint density at radius 1 is 1.04 bits per heavy atom. The van der Waals surface area contributed by atoms with Crippen LogP contribution in [-0.4, -0.2) is 46.0 Å². The Hall–Kier alpha value is -0.0500. The molecule has 0 aliphatic carbocycles. The van der Waals surface area contributed by atoms with Gasteiger partial charge in [0, 0.05) is 25.9 Å². The summed E-state index contributed by atoms with van der Waals surface area (Å²) < 4.78 is 22.3. The van der Waals surface area contributed by atoms with Crippen molar-refractivity contribution < 1.29 is 8.42 Å². The van der Waals surface area contributed by atoms with Crippen molar-refractivity contribution in [2.75, 3.05) is 25.6 Å². The quantitative estimate of drug-likeness (QED) is 0.215. The van der Waals surface area contributed by atoms with Crippen LogP contribution in [0.5, 0.6) is 0 Å². The molecule has 2 N–H and O–H groups in total. The molecule has 0 rings (SSSR count). The monoisotopic (exact) mass is 461 g/mol. The molecule has 0 bridgehead atoms. The Bertz CT molecular complexity index is 412. The number of guanidine groups is 1. The van der Waals surface area contributed by atoms with E-state index >= 15 is 0 Å². The molecule has 0 aromatic carbocycles. The molecule has 1 atom stereocenters. The molecule has 23 heavy (non-hydrogen) atoms. The van der Waals surface area contributed by atoms with E-state index in [0.717, 1.165) is 24.8 Å². The van der Waals surface area contributed by atoms with Crippen LogP contribution < -0.4 is 10.6 Å². The third-order valence-electron chi connectivity index (χ3n) is 3.53. The van der Waals surface area contributed by atoms with Crippen LogP contribution in [0.2, 0.25) is 0 Å². The van der Waals surface area contributed by atoms with Gasteiger partial charge in [-0.3, -0.25) is 4.99 Å². The number of nitrogens with zero attached hydrogens (tertiary/aromatic N) is 1. The summed E-state index contributed by atoms with van der Waals surface area (Å²) in [6.07, 6.45) is 8.15. The Kier molecular flexibility index (Phi) is 15.7. The van der Waals surface area contributed by atoms with Crippen LogP contribution in [-0.2, 0) is 9.84 Å². The van der Waals surface area contributed by atoms with Crippen LogP contribution in [0.1, 0.15) is 59.3 Å². The van der Waals surface area contributed by atoms with E-state index in [2.05, 4.69) is 29.5 Å². The molecule has 0 spiro atoms. The van der Waals surface area contributed by atoms with Crippen molar-refractivity contribution in [2.24, 2.45) is 10.9 Å². The van der Waals surface area contributed by atoms with Crippen molar-refractivity contribution in [3.8, 4) is 0 Å². The van der Waals surface area contributed by atoms with Gasteiger partial charge in [0.15, 0.2) is 5.96 Å². The summed E-state index contributed by atoms with van der Waals surface area (Å²) in [5, 5.41) is 6.52. The molecular weight excluding hydrogens is 425 g/mol. The standard InChI is InChI=1S/C16H35N3O2S.HI/c1-14(2)10-8-6-7-9-12-18-16(17-4)19-15(3)11-13-22(5,20)21;/h14-15H,6-13H2,1-5H3,(H2,17,18,19);1H. The molecule has 0 fully saturated rings. The minimum absolute atomic E-state index is 0. The molecule has 0 radical (unpaired) electrons. The summed E-state index contributed by atoms with van der Waals surface area (Å²) in [6.45, 7) is 7.41. The predicted octanol–water partition coefficient (Wildman–Crippen LogP) is 3.20. The molecule has 0 aliphatic heterocycles. The summed E-state index contributed by atoms with van der Waals surface area (Å²) in [6, 6.07) is 0.0898. The van der Waals surface area contributed by atoms with E-state index < -0.39 is 9.84 Å². The van der Waals surface area contributed by atoms with Crippen molar-refractivity contribution in [1.29, 1.82) is 0 Å². The van der Waals surface area contributed by atoms with Crippen molar-refractivity contribution in [1.82, 2.24) is 10.6 Å². The summed E-state index contributed by atoms with van der Waals surface area (Å²) in [7, 11) is -1.16. The zero-order chi connectivity index (χ0) is 17.0. The molecule has 1 unspecified atom stereocenters. The van der Waals surface area contributed by atoms with Gasteiger partial charge in [-0.2, -0.15) is 0 Å². The number of halogens is 1. The number of aliphatic imine (C=N–C) groups is 1. The zero-order valence-corrected chi connectivity index (χ0v) is 18.5. The number of sulfone groups is 1. The van der Waals surface area contributed by atoms with E-state index in [1.54, 1.807) is 7.05 Å². The Balaban J connectivity index is 0. The van der Waals surface area contributed by atoms with Gasteiger partial charge in [0.05, 0.1) is 5.75 Å². The lowest BCUT2D eigenvalue weighted by molar-refractivity contribution is 0.518. The van der Waals surface area contributed by atoms with Gasteiger partial charge in [0.2, 0.25) is 0 Å². The van der Waals surface area contributed by atoms with Gasteiger partial charge >= 0.3 is 0 Å². The molecule has 7 heteroatoms. The molecule has 0 heterocycles. The van der Waals surface area contributed by atoms with Crippen LogP contribution in [0.15, 0.2) is 4.99 Å². The van der Waals surface area contributed by atoms with Crippen LogP contribution in [0.3, 0.4) is 0 Å². The van der Waals surface area contributed by atoms with E-state index in [4.69, 9.17) is 0 Å². The first-order valence-electron chi connectivity index (χ1n) is 8.39. The molecule has 5 nitrogen and oxygen atoms in total. The highest BCUT2D eigenvalue weighted by molar-refractivity contribution is 14.0. The summed E-state index contributed by atoms with van der Waals surface area (Å²) >= 11 is 0. The lowest BCUT2D eigenvalue weighted by atomic mass is 10.0. The fourth-order valence-electron chi connectivity index (χ4n) is 2.13. The topological polar surface area (TPSA) is 70.6 Å². The highest BCUT2D eigenvalue weighted by Gasteiger charge is 2.09. The van der Waals surface area contributed by atoms with Crippen LogP contribution in [0.4, 0.5) is 0 Å².